The number of pyridine rings is 1. The van der Waals surface area contributed by atoms with E-state index >= 15 is 0 Å². The highest BCUT2D eigenvalue weighted by Gasteiger charge is 1.97. The molecule has 1 heterocycles. The molecule has 0 radical (unpaired) electrons. The van der Waals surface area contributed by atoms with E-state index in [0.717, 1.165) is 26.6 Å². The molecule has 0 aliphatic carbocycles. The predicted molar refractivity (Wildman–Crippen MR) is 86.5 cm³/mol. The van der Waals surface area contributed by atoms with E-state index in [-0.39, 0.29) is 5.75 Å². The van der Waals surface area contributed by atoms with E-state index in [1.807, 2.05) is 48.6 Å². The van der Waals surface area contributed by atoms with E-state index in [4.69, 9.17) is 0 Å². The van der Waals surface area contributed by atoms with Crippen LogP contribution in [0, 0.1) is 0 Å². The first-order valence-electron chi connectivity index (χ1n) is 6.24. The molecule has 20 heavy (non-hydrogen) atoms. The Kier molecular flexibility index (Phi) is 3.52. The fourth-order valence-electron chi connectivity index (χ4n) is 2.01. The Labute approximate surface area is 125 Å². The van der Waals surface area contributed by atoms with Gasteiger partial charge < -0.3 is 5.11 Å². The second-order valence-corrected chi connectivity index (χ2v) is 5.42. The Balaban J connectivity index is 1.94. The topological polar surface area (TPSA) is 33.1 Å². The molecule has 0 saturated carbocycles. The quantitative estimate of drug-likeness (QED) is 0.728. The molecule has 0 fully saturated rings. The van der Waals surface area contributed by atoms with Crippen LogP contribution in [-0.4, -0.2) is 10.1 Å². The van der Waals surface area contributed by atoms with E-state index in [1.54, 1.807) is 12.1 Å². The number of phenolic OH excluding ortho intramolecular Hbond substituents is 1. The Hall–Kier alpha value is -2.13. The molecular formula is C17H12BrNO. The summed E-state index contributed by atoms with van der Waals surface area (Å²) in [5.74, 6) is 0.266. The Morgan fingerprint density at radius 1 is 0.950 bits per heavy atom. The van der Waals surface area contributed by atoms with Gasteiger partial charge in [-0.25, -0.2) is 4.98 Å². The van der Waals surface area contributed by atoms with E-state index in [9.17, 15) is 5.11 Å². The Morgan fingerprint density at radius 3 is 2.65 bits per heavy atom. The summed E-state index contributed by atoms with van der Waals surface area (Å²) in [7, 11) is 0. The van der Waals surface area contributed by atoms with Crippen LogP contribution in [0.15, 0.2) is 59.1 Å². The molecule has 0 unspecified atom stereocenters. The van der Waals surface area contributed by atoms with Gasteiger partial charge in [0.25, 0.3) is 0 Å². The molecule has 0 aliphatic heterocycles. The van der Waals surface area contributed by atoms with Gasteiger partial charge in [0.2, 0.25) is 0 Å². The number of benzene rings is 2. The molecule has 98 valence electrons. The number of hydrogen-bond donors (Lipinski definition) is 1. The molecule has 0 aliphatic rings. The van der Waals surface area contributed by atoms with Gasteiger partial charge in [-0.1, -0.05) is 46.3 Å². The van der Waals surface area contributed by atoms with Crippen LogP contribution in [0.3, 0.4) is 0 Å². The van der Waals surface area contributed by atoms with Crippen molar-refractivity contribution < 1.29 is 5.11 Å². The average molecular weight is 326 g/mol. The lowest BCUT2D eigenvalue weighted by molar-refractivity contribution is 0.475. The van der Waals surface area contributed by atoms with Crippen LogP contribution >= 0.6 is 15.9 Å². The smallest absolute Gasteiger partial charge is 0.116 e. The maximum Gasteiger partial charge on any atom is 0.116 e. The third-order valence-corrected chi connectivity index (χ3v) is 3.49. The number of aromatic nitrogens is 1. The molecule has 1 aromatic heterocycles. The van der Waals surface area contributed by atoms with Gasteiger partial charge in [0.1, 0.15) is 5.75 Å². The fraction of sp³-hybridized carbons (Fsp3) is 0. The van der Waals surface area contributed by atoms with Crippen molar-refractivity contribution in [1.29, 1.82) is 0 Å². The van der Waals surface area contributed by atoms with E-state index in [1.165, 1.54) is 0 Å². The number of hydrogen-bond acceptors (Lipinski definition) is 2. The van der Waals surface area contributed by atoms with Gasteiger partial charge in [-0.15, -0.1) is 0 Å². The number of aromatic hydroxyl groups is 1. The molecule has 2 aromatic carbocycles. The molecule has 0 saturated heterocycles. The number of halogens is 1. The first-order chi connectivity index (χ1) is 9.70. The van der Waals surface area contributed by atoms with Crippen molar-refractivity contribution in [3.05, 3.63) is 70.3 Å². The minimum Gasteiger partial charge on any atom is -0.508 e. The summed E-state index contributed by atoms with van der Waals surface area (Å²) in [6.07, 6.45) is 3.88. The van der Waals surface area contributed by atoms with Crippen molar-refractivity contribution >= 4 is 39.0 Å². The maximum absolute atomic E-state index is 9.43. The van der Waals surface area contributed by atoms with Crippen molar-refractivity contribution in [2.45, 2.75) is 0 Å². The van der Waals surface area contributed by atoms with Crippen LogP contribution in [-0.2, 0) is 0 Å². The maximum atomic E-state index is 9.43. The summed E-state index contributed by atoms with van der Waals surface area (Å²) in [6.45, 7) is 0. The van der Waals surface area contributed by atoms with Crippen LogP contribution < -0.4 is 0 Å². The summed E-state index contributed by atoms with van der Waals surface area (Å²) in [5.41, 5.74) is 2.79. The molecule has 3 heteroatoms. The molecule has 0 bridgehead atoms. The zero-order chi connectivity index (χ0) is 13.9. The largest absolute Gasteiger partial charge is 0.508 e. The van der Waals surface area contributed by atoms with Gasteiger partial charge >= 0.3 is 0 Å². The zero-order valence-corrected chi connectivity index (χ0v) is 12.2. The van der Waals surface area contributed by atoms with Crippen LogP contribution in [0.2, 0.25) is 0 Å². The first-order valence-corrected chi connectivity index (χ1v) is 7.03. The first kappa shape index (κ1) is 12.9. The lowest BCUT2D eigenvalue weighted by atomic mass is 10.1. The molecule has 3 aromatic rings. The molecule has 0 spiro atoms. The van der Waals surface area contributed by atoms with Gasteiger partial charge in [-0.3, -0.25) is 0 Å². The third-order valence-electron chi connectivity index (χ3n) is 2.99. The summed E-state index contributed by atoms with van der Waals surface area (Å²) in [5, 5.41) is 10.5. The Bertz CT molecular complexity index is 796. The van der Waals surface area contributed by atoms with Gasteiger partial charge in [0.15, 0.2) is 0 Å². The molecule has 2 nitrogen and oxygen atoms in total. The van der Waals surface area contributed by atoms with E-state index in [2.05, 4.69) is 27.0 Å². The SMILES string of the molecule is Oc1cccc(C=Cc2ccc3ccc(Br)cc3n2)c1. The van der Waals surface area contributed by atoms with Crippen molar-refractivity contribution in [2.24, 2.45) is 0 Å². The second-order valence-electron chi connectivity index (χ2n) is 4.50. The summed E-state index contributed by atoms with van der Waals surface area (Å²) in [6, 6.07) is 17.2. The van der Waals surface area contributed by atoms with Crippen LogP contribution in [0.4, 0.5) is 0 Å². The van der Waals surface area contributed by atoms with E-state index in [0.29, 0.717) is 0 Å². The minimum absolute atomic E-state index is 0.266. The second kappa shape index (κ2) is 5.47. The Morgan fingerprint density at radius 2 is 1.80 bits per heavy atom. The summed E-state index contributed by atoms with van der Waals surface area (Å²) >= 11 is 3.45. The lowest BCUT2D eigenvalue weighted by Crippen LogP contribution is -1.83. The highest BCUT2D eigenvalue weighted by molar-refractivity contribution is 9.10. The zero-order valence-electron chi connectivity index (χ0n) is 10.6. The molecule has 1 N–H and O–H groups in total. The minimum atomic E-state index is 0.266. The average Bonchev–Trinajstić information content (AvgIpc) is 2.45. The number of rotatable bonds is 2. The molecule has 0 amide bonds. The van der Waals surface area contributed by atoms with Crippen LogP contribution in [0.25, 0.3) is 23.1 Å². The lowest BCUT2D eigenvalue weighted by Gasteiger charge is -2.00. The van der Waals surface area contributed by atoms with Crippen LogP contribution in [0.5, 0.6) is 5.75 Å². The van der Waals surface area contributed by atoms with Gasteiger partial charge in [0.05, 0.1) is 11.2 Å². The van der Waals surface area contributed by atoms with Gasteiger partial charge in [-0.05, 0) is 42.0 Å². The highest BCUT2D eigenvalue weighted by atomic mass is 79.9. The molecule has 0 atom stereocenters. The third kappa shape index (κ3) is 2.89. The van der Waals surface area contributed by atoms with Crippen molar-refractivity contribution in [3.63, 3.8) is 0 Å². The standard InChI is InChI=1S/C17H12BrNO/c18-14-7-5-13-6-9-15(19-17(13)11-14)8-4-12-2-1-3-16(20)10-12/h1-11,20H. The van der Waals surface area contributed by atoms with Crippen molar-refractivity contribution in [1.82, 2.24) is 4.98 Å². The summed E-state index contributed by atoms with van der Waals surface area (Å²) < 4.78 is 1.02. The van der Waals surface area contributed by atoms with Gasteiger partial charge in [-0.2, -0.15) is 0 Å². The normalized spacial score (nSPS) is 11.2. The van der Waals surface area contributed by atoms with Crippen molar-refractivity contribution in [3.8, 4) is 5.75 Å². The van der Waals surface area contributed by atoms with E-state index < -0.39 is 0 Å². The van der Waals surface area contributed by atoms with Crippen LogP contribution in [0.1, 0.15) is 11.3 Å². The van der Waals surface area contributed by atoms with Crippen molar-refractivity contribution in [2.75, 3.05) is 0 Å². The monoisotopic (exact) mass is 325 g/mol. The molecule has 3 rings (SSSR count). The predicted octanol–water partition coefficient (Wildman–Crippen LogP) is 4.87. The van der Waals surface area contributed by atoms with Gasteiger partial charge in [0, 0.05) is 9.86 Å². The highest BCUT2D eigenvalue weighted by Crippen LogP contribution is 2.19. The number of fused-ring (bicyclic) bond motifs is 1. The fourth-order valence-corrected chi connectivity index (χ4v) is 2.36. The number of nitrogens with zero attached hydrogens (tertiary/aromatic N) is 1. The molecular weight excluding hydrogens is 314 g/mol. The summed E-state index contributed by atoms with van der Waals surface area (Å²) in [4.78, 5) is 4.59. The number of phenols is 1.